The highest BCUT2D eigenvalue weighted by Crippen LogP contribution is 2.20. The monoisotopic (exact) mass is 265 g/mol. The highest BCUT2D eigenvalue weighted by Gasteiger charge is 2.27. The number of aromatic nitrogens is 1. The Labute approximate surface area is 114 Å². The molecule has 1 fully saturated rings. The van der Waals surface area contributed by atoms with E-state index in [-0.39, 0.29) is 11.8 Å². The molecule has 0 aromatic carbocycles. The van der Waals surface area contributed by atoms with E-state index in [0.29, 0.717) is 11.6 Å². The summed E-state index contributed by atoms with van der Waals surface area (Å²) in [4.78, 5) is 16.8. The quantitative estimate of drug-likeness (QED) is 0.838. The van der Waals surface area contributed by atoms with Gasteiger partial charge in [-0.2, -0.15) is 0 Å². The smallest absolute Gasteiger partial charge is 0.259 e. The molecule has 1 amide bonds. The van der Waals surface area contributed by atoms with Crippen LogP contribution in [-0.2, 0) is 0 Å². The number of nitrogens with zero attached hydrogens (tertiary/aromatic N) is 3. The summed E-state index contributed by atoms with van der Waals surface area (Å²) in [5, 5.41) is 3.94. The van der Waals surface area contributed by atoms with Gasteiger partial charge in [0.15, 0.2) is 0 Å². The molecular formula is C14H23N3O2. The molecule has 0 saturated carbocycles. The number of hydrogen-bond acceptors (Lipinski definition) is 4. The Kier molecular flexibility index (Phi) is 4.24. The minimum Gasteiger partial charge on any atom is -0.364 e. The zero-order valence-electron chi connectivity index (χ0n) is 12.2. The van der Waals surface area contributed by atoms with E-state index in [1.807, 2.05) is 18.7 Å². The Morgan fingerprint density at radius 3 is 2.37 bits per heavy atom. The van der Waals surface area contributed by atoms with Crippen LogP contribution in [0.2, 0.25) is 0 Å². The van der Waals surface area contributed by atoms with Crippen molar-refractivity contribution in [2.24, 2.45) is 0 Å². The van der Waals surface area contributed by atoms with Crippen molar-refractivity contribution in [3.05, 3.63) is 17.5 Å². The van der Waals surface area contributed by atoms with E-state index in [1.165, 1.54) is 6.26 Å². The summed E-state index contributed by atoms with van der Waals surface area (Å²) in [6, 6.07) is 0.541. The van der Waals surface area contributed by atoms with Gasteiger partial charge in [-0.1, -0.05) is 19.0 Å². The van der Waals surface area contributed by atoms with Gasteiger partial charge in [-0.05, 0) is 19.8 Å². The molecule has 1 saturated heterocycles. The van der Waals surface area contributed by atoms with Crippen LogP contribution >= 0.6 is 0 Å². The molecule has 1 aromatic heterocycles. The summed E-state index contributed by atoms with van der Waals surface area (Å²) in [6.45, 7) is 11.8. The summed E-state index contributed by atoms with van der Waals surface area (Å²) >= 11 is 0. The van der Waals surface area contributed by atoms with E-state index < -0.39 is 0 Å². The third kappa shape index (κ3) is 2.97. The van der Waals surface area contributed by atoms with E-state index in [9.17, 15) is 4.79 Å². The lowest BCUT2D eigenvalue weighted by atomic mass is 10.1. The number of carbonyl (C=O) groups excluding carboxylic acids is 1. The maximum atomic E-state index is 12.5. The Morgan fingerprint density at radius 2 is 1.84 bits per heavy atom. The normalized spacial score (nSPS) is 17.5. The largest absolute Gasteiger partial charge is 0.364 e. The van der Waals surface area contributed by atoms with Crippen LogP contribution in [0.4, 0.5) is 0 Å². The second kappa shape index (κ2) is 5.74. The molecule has 2 rings (SSSR count). The lowest BCUT2D eigenvalue weighted by Crippen LogP contribution is -2.50. The number of carbonyl (C=O) groups is 1. The van der Waals surface area contributed by atoms with Crippen molar-refractivity contribution in [2.75, 3.05) is 26.2 Å². The molecular weight excluding hydrogens is 242 g/mol. The van der Waals surface area contributed by atoms with E-state index in [4.69, 9.17) is 4.52 Å². The van der Waals surface area contributed by atoms with Gasteiger partial charge in [-0.15, -0.1) is 0 Å². The molecule has 0 spiro atoms. The fraction of sp³-hybridized carbons (Fsp3) is 0.714. The van der Waals surface area contributed by atoms with Gasteiger partial charge in [0.2, 0.25) is 0 Å². The molecule has 0 N–H and O–H groups in total. The van der Waals surface area contributed by atoms with Crippen molar-refractivity contribution in [3.63, 3.8) is 0 Å². The summed E-state index contributed by atoms with van der Waals surface area (Å²) in [5.74, 6) is 0.253. The highest BCUT2D eigenvalue weighted by molar-refractivity contribution is 5.95. The number of rotatable bonds is 3. The Bertz CT molecular complexity index is 432. The van der Waals surface area contributed by atoms with Gasteiger partial charge >= 0.3 is 0 Å². The maximum Gasteiger partial charge on any atom is 0.259 e. The standard InChI is InChI=1S/C14H23N3O2/c1-10(2)13-12(9-19-15-13)14(18)17-7-5-16(6-8-17)11(3)4/h9-11H,5-8H2,1-4H3. The third-order valence-corrected chi connectivity index (χ3v) is 3.71. The van der Waals surface area contributed by atoms with Gasteiger partial charge in [0, 0.05) is 32.2 Å². The first-order chi connectivity index (χ1) is 9.00. The molecule has 5 nitrogen and oxygen atoms in total. The van der Waals surface area contributed by atoms with E-state index in [2.05, 4.69) is 23.9 Å². The highest BCUT2D eigenvalue weighted by atomic mass is 16.5. The zero-order chi connectivity index (χ0) is 14.0. The molecule has 0 bridgehead atoms. The Balaban J connectivity index is 2.03. The second-order valence-electron chi connectivity index (χ2n) is 5.69. The predicted octanol–water partition coefficient (Wildman–Crippen LogP) is 1.96. The molecule has 2 heterocycles. The van der Waals surface area contributed by atoms with E-state index >= 15 is 0 Å². The van der Waals surface area contributed by atoms with Crippen LogP contribution < -0.4 is 0 Å². The number of amides is 1. The third-order valence-electron chi connectivity index (χ3n) is 3.71. The maximum absolute atomic E-state index is 12.5. The zero-order valence-corrected chi connectivity index (χ0v) is 12.2. The summed E-state index contributed by atoms with van der Waals surface area (Å²) in [6.07, 6.45) is 1.48. The van der Waals surface area contributed by atoms with Crippen molar-refractivity contribution in [2.45, 2.75) is 39.7 Å². The SMILES string of the molecule is CC(C)c1nocc1C(=O)N1CCN(C(C)C)CC1. The average molecular weight is 265 g/mol. The number of hydrogen-bond donors (Lipinski definition) is 0. The average Bonchev–Trinajstić information content (AvgIpc) is 2.87. The molecule has 0 aliphatic carbocycles. The summed E-state index contributed by atoms with van der Waals surface area (Å²) in [7, 11) is 0. The summed E-state index contributed by atoms with van der Waals surface area (Å²) in [5.41, 5.74) is 1.38. The molecule has 0 unspecified atom stereocenters. The first kappa shape index (κ1) is 14.1. The first-order valence-electron chi connectivity index (χ1n) is 6.98. The van der Waals surface area contributed by atoms with E-state index in [0.717, 1.165) is 31.9 Å². The molecule has 1 aliphatic heterocycles. The lowest BCUT2D eigenvalue weighted by molar-refractivity contribution is 0.0593. The van der Waals surface area contributed by atoms with Crippen LogP contribution in [-0.4, -0.2) is 53.1 Å². The predicted molar refractivity (Wildman–Crippen MR) is 73.2 cm³/mol. The van der Waals surface area contributed by atoms with Crippen molar-refractivity contribution in [1.29, 1.82) is 0 Å². The molecule has 1 aromatic rings. The second-order valence-corrected chi connectivity index (χ2v) is 5.69. The Morgan fingerprint density at radius 1 is 1.21 bits per heavy atom. The molecule has 19 heavy (non-hydrogen) atoms. The minimum absolute atomic E-state index is 0.0494. The van der Waals surface area contributed by atoms with Gasteiger partial charge in [0.05, 0.1) is 5.69 Å². The fourth-order valence-corrected chi connectivity index (χ4v) is 2.43. The summed E-state index contributed by atoms with van der Waals surface area (Å²) < 4.78 is 4.97. The molecule has 5 heteroatoms. The van der Waals surface area contributed by atoms with Crippen molar-refractivity contribution in [3.8, 4) is 0 Å². The van der Waals surface area contributed by atoms with Gasteiger partial charge in [-0.3, -0.25) is 9.69 Å². The van der Waals surface area contributed by atoms with Crippen LogP contribution in [0, 0.1) is 0 Å². The molecule has 1 aliphatic rings. The van der Waals surface area contributed by atoms with E-state index in [1.54, 1.807) is 0 Å². The molecule has 0 atom stereocenters. The first-order valence-corrected chi connectivity index (χ1v) is 6.98. The van der Waals surface area contributed by atoms with Crippen molar-refractivity contribution >= 4 is 5.91 Å². The van der Waals surface area contributed by atoms with Crippen LogP contribution in [0.15, 0.2) is 10.8 Å². The molecule has 0 radical (unpaired) electrons. The topological polar surface area (TPSA) is 49.6 Å². The Hall–Kier alpha value is -1.36. The van der Waals surface area contributed by atoms with Crippen LogP contribution in [0.25, 0.3) is 0 Å². The van der Waals surface area contributed by atoms with Gasteiger partial charge < -0.3 is 9.42 Å². The van der Waals surface area contributed by atoms with Crippen molar-refractivity contribution < 1.29 is 9.32 Å². The van der Waals surface area contributed by atoms with Gasteiger partial charge in [0.1, 0.15) is 11.8 Å². The van der Waals surface area contributed by atoms with Gasteiger partial charge in [-0.25, -0.2) is 0 Å². The van der Waals surface area contributed by atoms with Gasteiger partial charge in [0.25, 0.3) is 5.91 Å². The number of piperazine rings is 1. The van der Waals surface area contributed by atoms with Crippen molar-refractivity contribution in [1.82, 2.24) is 15.0 Å². The lowest BCUT2D eigenvalue weighted by Gasteiger charge is -2.36. The molecule has 106 valence electrons. The fourth-order valence-electron chi connectivity index (χ4n) is 2.43. The van der Waals surface area contributed by atoms with Crippen LogP contribution in [0.5, 0.6) is 0 Å². The minimum atomic E-state index is 0.0494. The van der Waals surface area contributed by atoms with Crippen LogP contribution in [0.3, 0.4) is 0 Å². The van der Waals surface area contributed by atoms with Crippen LogP contribution in [0.1, 0.15) is 49.7 Å².